The summed E-state index contributed by atoms with van der Waals surface area (Å²) in [4.78, 5) is 10.6. The number of hydrogen-bond acceptors (Lipinski definition) is 3. The third-order valence-corrected chi connectivity index (χ3v) is 2.17. The van der Waals surface area contributed by atoms with Crippen LogP contribution in [-0.4, -0.2) is 25.3 Å². The fourth-order valence-electron chi connectivity index (χ4n) is 1.44. The summed E-state index contributed by atoms with van der Waals surface area (Å²) in [6.45, 7) is -0.709. The summed E-state index contributed by atoms with van der Waals surface area (Å²) in [5.74, 6) is -0.252. The fourth-order valence-corrected chi connectivity index (χ4v) is 1.44. The molecule has 1 aromatic rings. The minimum Gasteiger partial charge on any atom is -0.496 e. The van der Waals surface area contributed by atoms with Gasteiger partial charge in [0.15, 0.2) is 0 Å². The molecular formula is C11H13FO4. The van der Waals surface area contributed by atoms with Gasteiger partial charge in [-0.05, 0) is 6.07 Å². The zero-order valence-corrected chi connectivity index (χ0v) is 9.12. The first kappa shape index (κ1) is 12.3. The molecule has 0 aliphatic carbocycles. The average molecular weight is 228 g/mol. The zero-order valence-electron chi connectivity index (χ0n) is 9.12. The van der Waals surface area contributed by atoms with E-state index in [0.717, 1.165) is 0 Å². The fraction of sp³-hybridized carbons (Fsp3) is 0.364. The zero-order chi connectivity index (χ0) is 12.1. The number of carboxylic acids is 1. The van der Waals surface area contributed by atoms with E-state index in [4.69, 9.17) is 14.6 Å². The number of halogens is 1. The van der Waals surface area contributed by atoms with Gasteiger partial charge in [0.05, 0.1) is 20.6 Å². The summed E-state index contributed by atoms with van der Waals surface area (Å²) in [6.07, 6.45) is -0.208. The van der Waals surface area contributed by atoms with E-state index in [1.54, 1.807) is 0 Å². The summed E-state index contributed by atoms with van der Waals surface area (Å²) in [5, 5.41) is 8.70. The summed E-state index contributed by atoms with van der Waals surface area (Å²) >= 11 is 0. The van der Waals surface area contributed by atoms with Gasteiger partial charge in [-0.3, -0.25) is 4.79 Å². The second-order valence-electron chi connectivity index (χ2n) is 3.18. The van der Waals surface area contributed by atoms with Gasteiger partial charge in [0.2, 0.25) is 0 Å². The van der Waals surface area contributed by atoms with Crippen molar-refractivity contribution in [2.75, 3.05) is 14.2 Å². The van der Waals surface area contributed by atoms with Crippen LogP contribution in [0.2, 0.25) is 0 Å². The Morgan fingerprint density at radius 2 is 1.81 bits per heavy atom. The number of benzene rings is 1. The number of methoxy groups -OCH3 is 2. The molecule has 0 saturated carbocycles. The first-order chi connectivity index (χ1) is 7.62. The number of carbonyl (C=O) groups is 1. The minimum absolute atomic E-state index is 0.208. The number of alkyl halides is 1. The molecule has 1 aromatic carbocycles. The molecule has 0 radical (unpaired) electrons. The van der Waals surface area contributed by atoms with Crippen molar-refractivity contribution in [2.45, 2.75) is 13.1 Å². The molecule has 0 saturated heterocycles. The van der Waals surface area contributed by atoms with Crippen LogP contribution in [0.1, 0.15) is 11.1 Å². The summed E-state index contributed by atoms with van der Waals surface area (Å²) in [7, 11) is 2.85. The number of aliphatic carboxylic acids is 1. The Balaban J connectivity index is 3.20. The Labute approximate surface area is 92.6 Å². The Morgan fingerprint density at radius 3 is 2.25 bits per heavy atom. The summed E-state index contributed by atoms with van der Waals surface area (Å²) in [5.41, 5.74) is 0.753. The molecule has 1 N–H and O–H groups in total. The van der Waals surface area contributed by atoms with Crippen LogP contribution in [0, 0.1) is 0 Å². The maximum atomic E-state index is 12.7. The molecule has 0 unspecified atom stereocenters. The molecule has 0 aromatic heterocycles. The van der Waals surface area contributed by atoms with Crippen molar-refractivity contribution in [1.82, 2.24) is 0 Å². The lowest BCUT2D eigenvalue weighted by Gasteiger charge is -2.12. The third-order valence-electron chi connectivity index (χ3n) is 2.17. The lowest BCUT2D eigenvalue weighted by molar-refractivity contribution is -0.136. The second kappa shape index (κ2) is 5.34. The van der Waals surface area contributed by atoms with Crippen LogP contribution in [0.15, 0.2) is 12.1 Å². The van der Waals surface area contributed by atoms with E-state index in [9.17, 15) is 9.18 Å². The predicted octanol–water partition coefficient (Wildman–Crippen LogP) is 1.80. The van der Waals surface area contributed by atoms with Gasteiger partial charge in [0, 0.05) is 17.2 Å². The van der Waals surface area contributed by atoms with Crippen LogP contribution < -0.4 is 9.47 Å². The van der Waals surface area contributed by atoms with Gasteiger partial charge in [-0.1, -0.05) is 0 Å². The van der Waals surface area contributed by atoms with Gasteiger partial charge in [-0.25, -0.2) is 4.39 Å². The molecule has 16 heavy (non-hydrogen) atoms. The molecule has 5 heteroatoms. The van der Waals surface area contributed by atoms with Crippen molar-refractivity contribution < 1.29 is 23.8 Å². The van der Waals surface area contributed by atoms with Gasteiger partial charge in [0.1, 0.15) is 18.2 Å². The number of rotatable bonds is 5. The van der Waals surface area contributed by atoms with Crippen LogP contribution in [0.25, 0.3) is 0 Å². The Morgan fingerprint density at radius 1 is 1.25 bits per heavy atom. The van der Waals surface area contributed by atoms with Gasteiger partial charge in [-0.2, -0.15) is 0 Å². The van der Waals surface area contributed by atoms with E-state index in [1.165, 1.54) is 26.4 Å². The number of hydrogen-bond donors (Lipinski definition) is 1. The smallest absolute Gasteiger partial charge is 0.307 e. The largest absolute Gasteiger partial charge is 0.496 e. The normalized spacial score (nSPS) is 9.94. The SMILES string of the molecule is COc1cc(OC)c(CC(=O)O)cc1CF. The molecule has 0 atom stereocenters. The molecule has 0 fully saturated rings. The van der Waals surface area contributed by atoms with E-state index in [0.29, 0.717) is 22.6 Å². The topological polar surface area (TPSA) is 55.8 Å². The molecule has 4 nitrogen and oxygen atoms in total. The van der Waals surface area contributed by atoms with Gasteiger partial charge < -0.3 is 14.6 Å². The van der Waals surface area contributed by atoms with Crippen LogP contribution in [-0.2, 0) is 17.9 Å². The predicted molar refractivity (Wildman–Crippen MR) is 55.7 cm³/mol. The van der Waals surface area contributed by atoms with Gasteiger partial charge in [-0.15, -0.1) is 0 Å². The van der Waals surface area contributed by atoms with Crippen molar-refractivity contribution >= 4 is 5.97 Å². The maximum absolute atomic E-state index is 12.7. The average Bonchev–Trinajstić information content (AvgIpc) is 2.27. The molecule has 0 spiro atoms. The summed E-state index contributed by atoms with van der Waals surface area (Å²) < 4.78 is 22.7. The van der Waals surface area contributed by atoms with Gasteiger partial charge in [0.25, 0.3) is 0 Å². The van der Waals surface area contributed by atoms with E-state index in [-0.39, 0.29) is 6.42 Å². The molecule has 1 rings (SSSR count). The molecule has 0 aliphatic heterocycles. The Kier molecular flexibility index (Phi) is 4.10. The van der Waals surface area contributed by atoms with Crippen LogP contribution >= 0.6 is 0 Å². The van der Waals surface area contributed by atoms with E-state index in [1.807, 2.05) is 0 Å². The first-order valence-electron chi connectivity index (χ1n) is 4.64. The minimum atomic E-state index is -0.992. The Bertz CT molecular complexity index is 390. The molecule has 88 valence electrons. The van der Waals surface area contributed by atoms with E-state index < -0.39 is 12.6 Å². The van der Waals surface area contributed by atoms with Crippen molar-refractivity contribution in [3.8, 4) is 11.5 Å². The van der Waals surface area contributed by atoms with Crippen LogP contribution in [0.4, 0.5) is 4.39 Å². The number of carboxylic acid groups (broad SMARTS) is 1. The standard InChI is InChI=1S/C11H13FO4/c1-15-9-5-10(16-2)8(6-12)3-7(9)4-11(13)14/h3,5H,4,6H2,1-2H3,(H,13,14). The van der Waals surface area contributed by atoms with Crippen molar-refractivity contribution in [3.63, 3.8) is 0 Å². The highest BCUT2D eigenvalue weighted by Crippen LogP contribution is 2.30. The lowest BCUT2D eigenvalue weighted by atomic mass is 10.1. The maximum Gasteiger partial charge on any atom is 0.307 e. The van der Waals surface area contributed by atoms with E-state index >= 15 is 0 Å². The quantitative estimate of drug-likeness (QED) is 0.834. The highest BCUT2D eigenvalue weighted by atomic mass is 19.1. The summed E-state index contributed by atoms with van der Waals surface area (Å²) in [6, 6.07) is 2.94. The highest BCUT2D eigenvalue weighted by Gasteiger charge is 2.13. The van der Waals surface area contributed by atoms with Crippen molar-refractivity contribution in [2.24, 2.45) is 0 Å². The highest BCUT2D eigenvalue weighted by molar-refractivity contribution is 5.72. The molecule has 0 heterocycles. The van der Waals surface area contributed by atoms with Crippen LogP contribution in [0.5, 0.6) is 11.5 Å². The van der Waals surface area contributed by atoms with E-state index in [2.05, 4.69) is 0 Å². The third kappa shape index (κ3) is 2.62. The second-order valence-corrected chi connectivity index (χ2v) is 3.18. The Hall–Kier alpha value is -1.78. The number of ether oxygens (including phenoxy) is 2. The monoisotopic (exact) mass is 228 g/mol. The van der Waals surface area contributed by atoms with Gasteiger partial charge >= 0.3 is 5.97 Å². The molecule has 0 bridgehead atoms. The molecule has 0 amide bonds. The van der Waals surface area contributed by atoms with Crippen LogP contribution in [0.3, 0.4) is 0 Å². The first-order valence-corrected chi connectivity index (χ1v) is 4.64. The molecular weight excluding hydrogens is 215 g/mol. The molecule has 0 aliphatic rings. The lowest BCUT2D eigenvalue weighted by Crippen LogP contribution is -2.04. The van der Waals surface area contributed by atoms with Crippen molar-refractivity contribution in [1.29, 1.82) is 0 Å². The van der Waals surface area contributed by atoms with Crippen molar-refractivity contribution in [3.05, 3.63) is 23.3 Å².